The molecule has 1 aromatic carbocycles. The number of hydrogen-bond acceptors (Lipinski definition) is 3. The molecule has 1 N–H and O–H groups in total. The van der Waals surface area contributed by atoms with E-state index in [0.29, 0.717) is 37.6 Å². The predicted octanol–water partition coefficient (Wildman–Crippen LogP) is 3.34. The third kappa shape index (κ3) is 7.01. The van der Waals surface area contributed by atoms with E-state index < -0.39 is 6.43 Å². The highest BCUT2D eigenvalue weighted by Crippen LogP contribution is 2.16. The minimum absolute atomic E-state index is 0.0120. The number of carbonyl (C=O) groups excluding carboxylic acids is 1. The Labute approximate surface area is 146 Å². The Morgan fingerprint density at radius 2 is 1.96 bits per heavy atom. The smallest absolute Gasteiger partial charge is 0.251 e. The monoisotopic (exact) mass is 360 g/mol. The molecule has 1 amide bonds. The topological polar surface area (TPSA) is 41.6 Å². The number of ether oxygens (including phenoxy) is 1. The van der Waals surface area contributed by atoms with Crippen molar-refractivity contribution in [2.75, 3.05) is 26.2 Å². The molecule has 1 aromatic rings. The number of piperidine rings is 1. The van der Waals surface area contributed by atoms with Crippen LogP contribution < -0.4 is 10.1 Å². The Bertz CT molecular complexity index is 506. The fourth-order valence-corrected chi connectivity index (χ4v) is 2.83. The van der Waals surface area contributed by atoms with Crippen LogP contribution in [0.25, 0.3) is 0 Å². The molecule has 24 heavy (non-hydrogen) atoms. The van der Waals surface area contributed by atoms with Gasteiger partial charge in [-0.25, -0.2) is 8.78 Å². The fourth-order valence-electron chi connectivity index (χ4n) is 2.71. The normalized spacial score (nSPS) is 16.3. The Morgan fingerprint density at radius 1 is 1.29 bits per heavy atom. The second-order valence-electron chi connectivity index (χ2n) is 5.94. The summed E-state index contributed by atoms with van der Waals surface area (Å²) in [7, 11) is 0. The molecule has 2 rings (SSSR count). The second kappa shape index (κ2) is 9.79. The summed E-state index contributed by atoms with van der Waals surface area (Å²) in [5.74, 6) is 0.716. The summed E-state index contributed by atoms with van der Waals surface area (Å²) in [6.45, 7) is 1.49. The van der Waals surface area contributed by atoms with Gasteiger partial charge in [-0.2, -0.15) is 0 Å². The highest BCUT2D eigenvalue weighted by atomic mass is 35.5. The molecule has 134 valence electrons. The Hall–Kier alpha value is -1.40. The van der Waals surface area contributed by atoms with Crippen molar-refractivity contribution >= 4 is 17.5 Å². The molecule has 1 heterocycles. The minimum Gasteiger partial charge on any atom is -0.494 e. The van der Waals surface area contributed by atoms with E-state index in [2.05, 4.69) is 5.32 Å². The molecular weight excluding hydrogens is 338 g/mol. The lowest BCUT2D eigenvalue weighted by Crippen LogP contribution is -2.45. The molecule has 4 nitrogen and oxygen atoms in total. The van der Waals surface area contributed by atoms with Crippen molar-refractivity contribution in [1.29, 1.82) is 0 Å². The Kier molecular flexibility index (Phi) is 7.72. The van der Waals surface area contributed by atoms with Crippen LogP contribution in [0.5, 0.6) is 5.75 Å². The number of alkyl halides is 2. The van der Waals surface area contributed by atoms with E-state index in [1.807, 2.05) is 0 Å². The van der Waals surface area contributed by atoms with Crippen molar-refractivity contribution < 1.29 is 18.3 Å². The van der Waals surface area contributed by atoms with Crippen molar-refractivity contribution in [3.05, 3.63) is 29.3 Å². The van der Waals surface area contributed by atoms with Crippen LogP contribution in [0.2, 0.25) is 5.02 Å². The molecule has 0 spiro atoms. The largest absolute Gasteiger partial charge is 0.494 e. The number of nitrogens with one attached hydrogen (secondary N) is 1. The lowest BCUT2D eigenvalue weighted by molar-refractivity contribution is -0.122. The van der Waals surface area contributed by atoms with Crippen LogP contribution in [-0.2, 0) is 4.79 Å². The molecule has 0 bridgehead atoms. The molecule has 1 fully saturated rings. The molecule has 1 aliphatic rings. The van der Waals surface area contributed by atoms with Crippen molar-refractivity contribution in [2.24, 2.45) is 0 Å². The molecule has 0 radical (unpaired) electrons. The molecule has 7 heteroatoms. The standard InChI is InChI=1S/C17H23ClF2N2O2/c18-13-3-5-15(6-4-13)24-11-1-2-17(23)21-14-7-9-22(10-8-14)12-16(19)20/h3-6,14,16H,1-2,7-12H2,(H,21,23). The number of carbonyl (C=O) groups is 1. The number of amides is 1. The first kappa shape index (κ1) is 18.9. The molecule has 1 saturated heterocycles. The van der Waals surface area contributed by atoms with Crippen LogP contribution in [0, 0.1) is 0 Å². The summed E-state index contributed by atoms with van der Waals surface area (Å²) in [5.41, 5.74) is 0. The number of halogens is 3. The second-order valence-corrected chi connectivity index (χ2v) is 6.38. The first-order valence-corrected chi connectivity index (χ1v) is 8.59. The summed E-state index contributed by atoms with van der Waals surface area (Å²) in [4.78, 5) is 13.7. The summed E-state index contributed by atoms with van der Waals surface area (Å²) in [5, 5.41) is 3.63. The van der Waals surface area contributed by atoms with Gasteiger partial charge >= 0.3 is 0 Å². The number of nitrogens with zero attached hydrogens (tertiary/aromatic N) is 1. The number of benzene rings is 1. The molecule has 0 saturated carbocycles. The number of hydrogen-bond donors (Lipinski definition) is 1. The molecular formula is C17H23ClF2N2O2. The molecule has 0 aliphatic carbocycles. The third-order valence-corrected chi connectivity index (χ3v) is 4.23. The van der Waals surface area contributed by atoms with E-state index in [1.165, 1.54) is 0 Å². The van der Waals surface area contributed by atoms with Crippen LogP contribution in [0.4, 0.5) is 8.78 Å². The van der Waals surface area contributed by atoms with Gasteiger partial charge in [-0.05, 0) is 43.5 Å². The average molecular weight is 361 g/mol. The van der Waals surface area contributed by atoms with E-state index in [4.69, 9.17) is 16.3 Å². The van der Waals surface area contributed by atoms with Gasteiger partial charge in [0.25, 0.3) is 6.43 Å². The quantitative estimate of drug-likeness (QED) is 0.723. The Morgan fingerprint density at radius 3 is 2.58 bits per heavy atom. The number of rotatable bonds is 8. The maximum absolute atomic E-state index is 12.3. The van der Waals surface area contributed by atoms with Gasteiger partial charge in [-0.15, -0.1) is 0 Å². The fraction of sp³-hybridized carbons (Fsp3) is 0.588. The Balaban J connectivity index is 1.56. The SMILES string of the molecule is O=C(CCCOc1ccc(Cl)cc1)NC1CCN(CC(F)F)CC1. The van der Waals surface area contributed by atoms with E-state index in [1.54, 1.807) is 29.2 Å². The van der Waals surface area contributed by atoms with E-state index in [-0.39, 0.29) is 18.5 Å². The first-order chi connectivity index (χ1) is 11.5. The zero-order valence-corrected chi connectivity index (χ0v) is 14.3. The third-order valence-electron chi connectivity index (χ3n) is 3.98. The van der Waals surface area contributed by atoms with Crippen molar-refractivity contribution in [3.8, 4) is 5.75 Å². The van der Waals surface area contributed by atoms with Gasteiger partial charge in [0, 0.05) is 30.6 Å². The highest BCUT2D eigenvalue weighted by Gasteiger charge is 2.22. The summed E-state index contributed by atoms with van der Waals surface area (Å²) < 4.78 is 30.2. The minimum atomic E-state index is -2.29. The van der Waals surface area contributed by atoms with Gasteiger partial charge in [0.2, 0.25) is 5.91 Å². The van der Waals surface area contributed by atoms with E-state index in [0.717, 1.165) is 18.6 Å². The van der Waals surface area contributed by atoms with Crippen LogP contribution >= 0.6 is 11.6 Å². The maximum atomic E-state index is 12.3. The van der Waals surface area contributed by atoms with Gasteiger partial charge in [0.1, 0.15) is 5.75 Å². The first-order valence-electron chi connectivity index (χ1n) is 8.21. The zero-order chi connectivity index (χ0) is 17.4. The van der Waals surface area contributed by atoms with Crippen molar-refractivity contribution in [1.82, 2.24) is 10.2 Å². The summed E-state index contributed by atoms with van der Waals surface area (Å²) in [6, 6.07) is 7.17. The zero-order valence-electron chi connectivity index (χ0n) is 13.5. The summed E-state index contributed by atoms with van der Waals surface area (Å²) >= 11 is 5.79. The lowest BCUT2D eigenvalue weighted by atomic mass is 10.0. The van der Waals surface area contributed by atoms with Crippen LogP contribution in [0.1, 0.15) is 25.7 Å². The maximum Gasteiger partial charge on any atom is 0.251 e. The molecule has 0 atom stereocenters. The molecule has 1 aliphatic heterocycles. The molecule has 0 aromatic heterocycles. The van der Waals surface area contributed by atoms with Gasteiger partial charge in [-0.1, -0.05) is 11.6 Å². The van der Waals surface area contributed by atoms with Gasteiger partial charge < -0.3 is 10.1 Å². The van der Waals surface area contributed by atoms with Crippen molar-refractivity contribution in [3.63, 3.8) is 0 Å². The number of likely N-dealkylation sites (tertiary alicyclic amines) is 1. The highest BCUT2D eigenvalue weighted by molar-refractivity contribution is 6.30. The predicted molar refractivity (Wildman–Crippen MR) is 89.8 cm³/mol. The van der Waals surface area contributed by atoms with Gasteiger partial charge in [-0.3, -0.25) is 9.69 Å². The van der Waals surface area contributed by atoms with Crippen LogP contribution in [0.3, 0.4) is 0 Å². The van der Waals surface area contributed by atoms with Crippen LogP contribution in [0.15, 0.2) is 24.3 Å². The van der Waals surface area contributed by atoms with Gasteiger partial charge in [0.15, 0.2) is 0 Å². The van der Waals surface area contributed by atoms with E-state index in [9.17, 15) is 13.6 Å². The average Bonchev–Trinajstić information content (AvgIpc) is 2.55. The van der Waals surface area contributed by atoms with E-state index >= 15 is 0 Å². The molecule has 0 unspecified atom stereocenters. The van der Waals surface area contributed by atoms with Crippen LogP contribution in [-0.4, -0.2) is 49.5 Å². The van der Waals surface area contributed by atoms with Crippen molar-refractivity contribution in [2.45, 2.75) is 38.2 Å². The van der Waals surface area contributed by atoms with Gasteiger partial charge in [0.05, 0.1) is 13.2 Å². The summed E-state index contributed by atoms with van der Waals surface area (Å²) in [6.07, 6.45) is 0.167. The lowest BCUT2D eigenvalue weighted by Gasteiger charge is -2.32.